The van der Waals surface area contributed by atoms with Gasteiger partial charge in [0.2, 0.25) is 0 Å². The summed E-state index contributed by atoms with van der Waals surface area (Å²) in [4.78, 5) is 12.4. The summed E-state index contributed by atoms with van der Waals surface area (Å²) >= 11 is 0. The van der Waals surface area contributed by atoms with E-state index in [4.69, 9.17) is 0 Å². The number of rotatable bonds is 3. The molecule has 3 heteroatoms. The number of anilines is 1. The Morgan fingerprint density at radius 1 is 1.37 bits per heavy atom. The molecule has 2 N–H and O–H groups in total. The van der Waals surface area contributed by atoms with E-state index in [9.17, 15) is 4.79 Å². The normalized spacial score (nSPS) is 19.8. The van der Waals surface area contributed by atoms with Crippen molar-refractivity contribution in [3.63, 3.8) is 0 Å². The molecule has 0 saturated heterocycles. The first-order chi connectivity index (χ1) is 9.22. The lowest BCUT2D eigenvalue weighted by Gasteiger charge is -2.42. The molecule has 1 aliphatic carbocycles. The lowest BCUT2D eigenvalue weighted by Crippen LogP contribution is -2.52. The number of amides is 1. The fourth-order valence-corrected chi connectivity index (χ4v) is 3.10. The van der Waals surface area contributed by atoms with Gasteiger partial charge in [0, 0.05) is 23.3 Å². The lowest BCUT2D eigenvalue weighted by atomic mass is 9.74. The van der Waals surface area contributed by atoms with E-state index in [2.05, 4.69) is 23.6 Å². The second-order valence-corrected chi connectivity index (χ2v) is 5.84. The molecule has 1 saturated carbocycles. The summed E-state index contributed by atoms with van der Waals surface area (Å²) in [7, 11) is 0. The molecule has 3 nitrogen and oxygen atoms in total. The van der Waals surface area contributed by atoms with Gasteiger partial charge in [-0.3, -0.25) is 4.79 Å². The molecule has 1 aromatic rings. The van der Waals surface area contributed by atoms with Crippen LogP contribution in [0.1, 0.15) is 54.9 Å². The number of fused-ring (bicyclic) bond motifs is 1. The minimum atomic E-state index is 0.0746. The van der Waals surface area contributed by atoms with Crippen LogP contribution in [0.15, 0.2) is 18.2 Å². The molecule has 1 aromatic carbocycles. The van der Waals surface area contributed by atoms with E-state index in [0.717, 1.165) is 44.2 Å². The molecule has 1 heterocycles. The van der Waals surface area contributed by atoms with Gasteiger partial charge >= 0.3 is 0 Å². The Kier molecular flexibility index (Phi) is 3.21. The highest BCUT2D eigenvalue weighted by Crippen LogP contribution is 2.35. The number of carbonyl (C=O) groups is 1. The molecule has 0 atom stereocenters. The van der Waals surface area contributed by atoms with Crippen molar-refractivity contribution in [1.82, 2.24) is 5.32 Å². The fraction of sp³-hybridized carbons (Fsp3) is 0.562. The molecule has 0 spiro atoms. The third-order valence-corrected chi connectivity index (χ3v) is 4.67. The number of aryl methyl sites for hydroxylation is 1. The lowest BCUT2D eigenvalue weighted by molar-refractivity contribution is 0.0820. The third-order valence-electron chi connectivity index (χ3n) is 4.67. The Balaban J connectivity index is 1.76. The summed E-state index contributed by atoms with van der Waals surface area (Å²) in [6, 6.07) is 6.04. The topological polar surface area (TPSA) is 41.1 Å². The predicted molar refractivity (Wildman–Crippen MR) is 77.6 cm³/mol. The minimum Gasteiger partial charge on any atom is -0.385 e. The van der Waals surface area contributed by atoms with Crippen LogP contribution in [0.25, 0.3) is 0 Å². The van der Waals surface area contributed by atoms with Crippen molar-refractivity contribution in [1.29, 1.82) is 0 Å². The van der Waals surface area contributed by atoms with Gasteiger partial charge < -0.3 is 10.6 Å². The average molecular weight is 258 g/mol. The highest BCUT2D eigenvalue weighted by Gasteiger charge is 2.36. The monoisotopic (exact) mass is 258 g/mol. The fourth-order valence-electron chi connectivity index (χ4n) is 3.10. The Hall–Kier alpha value is -1.51. The summed E-state index contributed by atoms with van der Waals surface area (Å²) in [6.45, 7) is 3.20. The van der Waals surface area contributed by atoms with E-state index in [1.807, 2.05) is 12.1 Å². The molecule has 0 bridgehead atoms. The quantitative estimate of drug-likeness (QED) is 0.874. The molecule has 0 radical (unpaired) electrons. The van der Waals surface area contributed by atoms with E-state index in [-0.39, 0.29) is 11.4 Å². The maximum atomic E-state index is 12.4. The van der Waals surface area contributed by atoms with Gasteiger partial charge in [0.15, 0.2) is 0 Å². The summed E-state index contributed by atoms with van der Waals surface area (Å²) < 4.78 is 0. The third kappa shape index (κ3) is 2.34. The zero-order chi connectivity index (χ0) is 13.3. The van der Waals surface area contributed by atoms with Gasteiger partial charge in [0.25, 0.3) is 5.91 Å². The standard InChI is InChI=1S/C16H22N2O/c1-2-16(8-4-9-16)18-15(19)13-6-7-14-12(11-13)5-3-10-17-14/h6-7,11,17H,2-5,8-10H2,1H3,(H,18,19). The molecule has 3 rings (SSSR count). The molecule has 0 unspecified atom stereocenters. The first kappa shape index (κ1) is 12.5. The van der Waals surface area contributed by atoms with Crippen molar-refractivity contribution in [3.05, 3.63) is 29.3 Å². The predicted octanol–water partition coefficient (Wildman–Crippen LogP) is 3.11. The van der Waals surface area contributed by atoms with Gasteiger partial charge in [-0.15, -0.1) is 0 Å². The summed E-state index contributed by atoms with van der Waals surface area (Å²) in [5.41, 5.74) is 3.35. The van der Waals surface area contributed by atoms with E-state index < -0.39 is 0 Å². The smallest absolute Gasteiger partial charge is 0.251 e. The van der Waals surface area contributed by atoms with E-state index in [0.29, 0.717) is 0 Å². The molecule has 102 valence electrons. The van der Waals surface area contributed by atoms with Crippen LogP contribution in [0.5, 0.6) is 0 Å². The van der Waals surface area contributed by atoms with Crippen LogP contribution in [-0.2, 0) is 6.42 Å². The molecule has 19 heavy (non-hydrogen) atoms. The van der Waals surface area contributed by atoms with Crippen LogP contribution in [0, 0.1) is 0 Å². The molecular formula is C16H22N2O. The number of carbonyl (C=O) groups excluding carboxylic acids is 1. The van der Waals surface area contributed by atoms with E-state index in [1.165, 1.54) is 17.7 Å². The van der Waals surface area contributed by atoms with E-state index in [1.54, 1.807) is 0 Å². The first-order valence-corrected chi connectivity index (χ1v) is 7.42. The number of benzene rings is 1. The SMILES string of the molecule is CCC1(NC(=O)c2ccc3c(c2)CCCN3)CCC1. The highest BCUT2D eigenvalue weighted by atomic mass is 16.1. The van der Waals surface area contributed by atoms with Crippen molar-refractivity contribution in [2.45, 2.75) is 51.0 Å². The van der Waals surface area contributed by atoms with Crippen LogP contribution in [0.4, 0.5) is 5.69 Å². The van der Waals surface area contributed by atoms with Crippen LogP contribution in [0.2, 0.25) is 0 Å². The van der Waals surface area contributed by atoms with Gasteiger partial charge in [0.05, 0.1) is 0 Å². The van der Waals surface area contributed by atoms with Crippen molar-refractivity contribution in [2.24, 2.45) is 0 Å². The number of nitrogens with one attached hydrogen (secondary N) is 2. The van der Waals surface area contributed by atoms with Crippen molar-refractivity contribution >= 4 is 11.6 Å². The van der Waals surface area contributed by atoms with Crippen LogP contribution in [0.3, 0.4) is 0 Å². The second-order valence-electron chi connectivity index (χ2n) is 5.84. The highest BCUT2D eigenvalue weighted by molar-refractivity contribution is 5.95. The Labute approximate surface area is 114 Å². The maximum absolute atomic E-state index is 12.4. The Bertz CT molecular complexity index is 486. The van der Waals surface area contributed by atoms with E-state index >= 15 is 0 Å². The van der Waals surface area contributed by atoms with Gasteiger partial charge in [-0.25, -0.2) is 0 Å². The first-order valence-electron chi connectivity index (χ1n) is 7.42. The maximum Gasteiger partial charge on any atom is 0.251 e. The Morgan fingerprint density at radius 3 is 2.89 bits per heavy atom. The second kappa shape index (κ2) is 4.87. The minimum absolute atomic E-state index is 0.0746. The summed E-state index contributed by atoms with van der Waals surface area (Å²) in [6.07, 6.45) is 6.75. The van der Waals surface area contributed by atoms with Crippen LogP contribution < -0.4 is 10.6 Å². The van der Waals surface area contributed by atoms with Gasteiger partial charge in [-0.2, -0.15) is 0 Å². The average Bonchev–Trinajstić information content (AvgIpc) is 2.42. The van der Waals surface area contributed by atoms with Crippen LogP contribution >= 0.6 is 0 Å². The molecular weight excluding hydrogens is 236 g/mol. The van der Waals surface area contributed by atoms with Crippen molar-refractivity contribution in [3.8, 4) is 0 Å². The largest absolute Gasteiger partial charge is 0.385 e. The number of hydrogen-bond acceptors (Lipinski definition) is 2. The van der Waals surface area contributed by atoms with Gasteiger partial charge in [0.1, 0.15) is 0 Å². The van der Waals surface area contributed by atoms with Gasteiger partial charge in [-0.1, -0.05) is 6.92 Å². The van der Waals surface area contributed by atoms with Crippen molar-refractivity contribution in [2.75, 3.05) is 11.9 Å². The Morgan fingerprint density at radius 2 is 2.21 bits per heavy atom. The van der Waals surface area contributed by atoms with Gasteiger partial charge in [-0.05, 0) is 62.3 Å². The zero-order valence-electron chi connectivity index (χ0n) is 11.6. The molecule has 1 aliphatic heterocycles. The van der Waals surface area contributed by atoms with Crippen LogP contribution in [-0.4, -0.2) is 18.0 Å². The number of hydrogen-bond donors (Lipinski definition) is 2. The molecule has 1 fully saturated rings. The summed E-state index contributed by atoms with van der Waals surface area (Å²) in [5, 5.41) is 6.62. The molecule has 1 amide bonds. The molecule has 0 aromatic heterocycles. The zero-order valence-corrected chi connectivity index (χ0v) is 11.6. The molecule has 2 aliphatic rings. The van der Waals surface area contributed by atoms with Crippen molar-refractivity contribution < 1.29 is 4.79 Å². The summed E-state index contributed by atoms with van der Waals surface area (Å²) in [5.74, 6) is 0.0925.